The second-order valence-electron chi connectivity index (χ2n) is 9.46. The first-order valence-corrected chi connectivity index (χ1v) is 13.3. The number of aldehydes is 1. The number of aryl methyl sites for hydroxylation is 2. The van der Waals surface area contributed by atoms with Gasteiger partial charge in [0.25, 0.3) is 0 Å². The van der Waals surface area contributed by atoms with E-state index in [0.717, 1.165) is 72.9 Å². The van der Waals surface area contributed by atoms with Crippen LogP contribution in [0, 0.1) is 11.7 Å². The van der Waals surface area contributed by atoms with E-state index in [9.17, 15) is 14.0 Å². The van der Waals surface area contributed by atoms with E-state index in [2.05, 4.69) is 35.5 Å². The summed E-state index contributed by atoms with van der Waals surface area (Å²) >= 11 is 0. The zero-order valence-electron chi connectivity index (χ0n) is 22.4. The number of nitrogens with one attached hydrogen (secondary N) is 1. The minimum absolute atomic E-state index is 0.00870. The number of furan rings is 1. The molecule has 1 fully saturated rings. The van der Waals surface area contributed by atoms with Crippen LogP contribution in [0.15, 0.2) is 52.9 Å². The Morgan fingerprint density at radius 3 is 2.55 bits per heavy atom. The Labute approximate surface area is 224 Å². The van der Waals surface area contributed by atoms with Gasteiger partial charge in [0.2, 0.25) is 0 Å². The lowest BCUT2D eigenvalue weighted by Gasteiger charge is -2.27. The molecule has 2 aromatic carbocycles. The summed E-state index contributed by atoms with van der Waals surface area (Å²) in [5.41, 5.74) is 3.09. The Morgan fingerprint density at radius 2 is 1.84 bits per heavy atom. The van der Waals surface area contributed by atoms with Gasteiger partial charge in [0, 0.05) is 24.9 Å². The maximum atomic E-state index is 12.9. The molecule has 8 heteroatoms. The molecule has 0 aliphatic carbocycles. The second kappa shape index (κ2) is 16.0. The molecule has 206 valence electrons. The average molecular weight is 527 g/mol. The van der Waals surface area contributed by atoms with Crippen molar-refractivity contribution in [2.75, 3.05) is 46.5 Å². The molecule has 1 saturated heterocycles. The molecule has 0 spiro atoms. The molecule has 0 amide bonds. The predicted octanol–water partition coefficient (Wildman–Crippen LogP) is 4.55. The van der Waals surface area contributed by atoms with Crippen LogP contribution in [0.5, 0.6) is 0 Å². The first kappa shape index (κ1) is 29.5. The number of carbonyl (C=O) groups excluding carboxylic acids is 2. The number of esters is 1. The van der Waals surface area contributed by atoms with Crippen LogP contribution in [0.3, 0.4) is 0 Å². The summed E-state index contributed by atoms with van der Waals surface area (Å²) in [6.45, 7) is 6.44. The van der Waals surface area contributed by atoms with Gasteiger partial charge in [-0.3, -0.25) is 4.79 Å². The fourth-order valence-corrected chi connectivity index (χ4v) is 4.30. The molecule has 38 heavy (non-hydrogen) atoms. The number of piperidine rings is 1. The van der Waals surface area contributed by atoms with Gasteiger partial charge in [-0.25, -0.2) is 4.39 Å². The van der Waals surface area contributed by atoms with Crippen molar-refractivity contribution in [3.63, 3.8) is 0 Å². The van der Waals surface area contributed by atoms with Crippen LogP contribution in [0.2, 0.25) is 0 Å². The van der Waals surface area contributed by atoms with Gasteiger partial charge in [-0.2, -0.15) is 0 Å². The van der Waals surface area contributed by atoms with Crippen LogP contribution in [0.1, 0.15) is 36.7 Å². The smallest absolute Gasteiger partial charge is 0.309 e. The minimum Gasteiger partial charge on any atom is -0.466 e. The third kappa shape index (κ3) is 10.0. The van der Waals surface area contributed by atoms with Gasteiger partial charge in [-0.15, -0.1) is 0 Å². The highest BCUT2D eigenvalue weighted by Gasteiger charge is 2.23. The number of benzene rings is 2. The molecular weight excluding hydrogens is 487 g/mol. The van der Waals surface area contributed by atoms with E-state index >= 15 is 0 Å². The van der Waals surface area contributed by atoms with E-state index in [-0.39, 0.29) is 24.3 Å². The summed E-state index contributed by atoms with van der Waals surface area (Å²) in [5.74, 6) is 0.859. The number of fused-ring (bicyclic) bond motifs is 1. The highest BCUT2D eigenvalue weighted by Crippen LogP contribution is 2.22. The van der Waals surface area contributed by atoms with Crippen LogP contribution >= 0.6 is 0 Å². The molecule has 1 N–H and O–H groups in total. The molecule has 0 unspecified atom stereocenters. The molecule has 0 saturated carbocycles. The summed E-state index contributed by atoms with van der Waals surface area (Å²) < 4.78 is 29.0. The average Bonchev–Trinajstić information content (AvgIpc) is 3.33. The first-order chi connectivity index (χ1) is 18.5. The third-order valence-corrected chi connectivity index (χ3v) is 6.49. The number of hydrogen-bond acceptors (Lipinski definition) is 7. The Kier molecular flexibility index (Phi) is 12.4. The lowest BCUT2D eigenvalue weighted by molar-refractivity contribution is -0.149. The second-order valence-corrected chi connectivity index (χ2v) is 9.46. The summed E-state index contributed by atoms with van der Waals surface area (Å²) in [7, 11) is 2.08. The number of likely N-dealkylation sites (tertiary alicyclic amines) is 1. The van der Waals surface area contributed by atoms with E-state index in [1.54, 1.807) is 12.1 Å². The Bertz CT molecular complexity index is 1120. The summed E-state index contributed by atoms with van der Waals surface area (Å²) in [5, 5.41) is 4.35. The van der Waals surface area contributed by atoms with E-state index in [4.69, 9.17) is 13.9 Å². The van der Waals surface area contributed by atoms with Gasteiger partial charge < -0.3 is 28.9 Å². The van der Waals surface area contributed by atoms with Crippen molar-refractivity contribution in [2.24, 2.45) is 5.92 Å². The lowest BCUT2D eigenvalue weighted by atomic mass is 9.97. The number of halogens is 1. The van der Waals surface area contributed by atoms with Crippen LogP contribution in [0.25, 0.3) is 11.0 Å². The largest absolute Gasteiger partial charge is 0.466 e. The van der Waals surface area contributed by atoms with Crippen molar-refractivity contribution in [1.29, 1.82) is 0 Å². The third-order valence-electron chi connectivity index (χ3n) is 6.49. The van der Waals surface area contributed by atoms with Gasteiger partial charge in [0.15, 0.2) is 0 Å². The molecule has 1 aliphatic rings. The lowest BCUT2D eigenvalue weighted by Crippen LogP contribution is -2.34. The SMILES string of the molecule is CCOC(=O)C1CCN(C)CC1.O=CCOCCNCc1ccc2cc(CCc3ccc(F)cc3)oc2c1. The van der Waals surface area contributed by atoms with Crippen molar-refractivity contribution >= 4 is 23.2 Å². The molecule has 0 atom stereocenters. The molecule has 7 nitrogen and oxygen atoms in total. The molecule has 2 heterocycles. The molecule has 1 aromatic heterocycles. The Hall–Kier alpha value is -3.07. The quantitative estimate of drug-likeness (QED) is 0.211. The van der Waals surface area contributed by atoms with Gasteiger partial charge in [-0.05, 0) is 81.7 Å². The Balaban J connectivity index is 0.000000279. The summed E-state index contributed by atoms with van der Waals surface area (Å²) in [6.07, 6.45) is 4.25. The van der Waals surface area contributed by atoms with E-state index in [1.807, 2.05) is 13.0 Å². The molecule has 0 bridgehead atoms. The highest BCUT2D eigenvalue weighted by atomic mass is 19.1. The van der Waals surface area contributed by atoms with Gasteiger partial charge in [-0.1, -0.05) is 24.3 Å². The van der Waals surface area contributed by atoms with E-state index in [1.165, 1.54) is 12.1 Å². The standard InChI is InChI=1S/C21H22FNO3.C9H17NO2/c22-19-6-2-16(3-7-19)4-8-20-14-18-5-1-17(13-21(18)26-20)15-23-9-11-25-12-10-24;1-3-12-9(11)8-4-6-10(2)7-5-8/h1-3,5-7,10,13-14,23H,4,8-9,11-12,15H2;8H,3-7H2,1-2H3. The van der Waals surface area contributed by atoms with Crippen molar-refractivity contribution in [3.8, 4) is 0 Å². The first-order valence-electron chi connectivity index (χ1n) is 13.3. The normalized spacial score (nSPS) is 14.2. The predicted molar refractivity (Wildman–Crippen MR) is 145 cm³/mol. The van der Waals surface area contributed by atoms with Crippen molar-refractivity contribution in [3.05, 3.63) is 71.2 Å². The van der Waals surface area contributed by atoms with Gasteiger partial charge in [0.05, 0.1) is 19.1 Å². The topological polar surface area (TPSA) is 81.0 Å². The number of carbonyl (C=O) groups is 2. The van der Waals surface area contributed by atoms with Crippen molar-refractivity contribution in [1.82, 2.24) is 10.2 Å². The minimum atomic E-state index is -0.214. The number of rotatable bonds is 12. The molecular formula is C30H39FN2O5. The summed E-state index contributed by atoms with van der Waals surface area (Å²) in [4.78, 5) is 23.7. The molecule has 1 aliphatic heterocycles. The Morgan fingerprint density at radius 1 is 1.11 bits per heavy atom. The van der Waals surface area contributed by atoms with Crippen LogP contribution in [-0.4, -0.2) is 63.7 Å². The zero-order valence-corrected chi connectivity index (χ0v) is 22.4. The fourth-order valence-electron chi connectivity index (χ4n) is 4.30. The zero-order chi connectivity index (χ0) is 27.2. The van der Waals surface area contributed by atoms with Crippen LogP contribution in [0.4, 0.5) is 4.39 Å². The number of nitrogens with zero attached hydrogens (tertiary/aromatic N) is 1. The van der Waals surface area contributed by atoms with E-state index < -0.39 is 0 Å². The fraction of sp³-hybridized carbons (Fsp3) is 0.467. The molecule has 4 rings (SSSR count). The number of ether oxygens (including phenoxy) is 2. The summed E-state index contributed by atoms with van der Waals surface area (Å²) in [6, 6.07) is 14.8. The maximum Gasteiger partial charge on any atom is 0.309 e. The van der Waals surface area contributed by atoms with Crippen LogP contribution in [-0.2, 0) is 38.4 Å². The van der Waals surface area contributed by atoms with Gasteiger partial charge >= 0.3 is 5.97 Å². The van der Waals surface area contributed by atoms with Gasteiger partial charge in [0.1, 0.15) is 30.1 Å². The van der Waals surface area contributed by atoms with Crippen molar-refractivity contribution < 1.29 is 27.9 Å². The highest BCUT2D eigenvalue weighted by molar-refractivity contribution is 5.78. The van der Waals surface area contributed by atoms with Crippen LogP contribution < -0.4 is 5.32 Å². The molecule has 3 aromatic rings. The monoisotopic (exact) mass is 526 g/mol. The number of hydrogen-bond donors (Lipinski definition) is 1. The van der Waals surface area contributed by atoms with Crippen molar-refractivity contribution in [2.45, 2.75) is 39.2 Å². The maximum absolute atomic E-state index is 12.9. The molecule has 0 radical (unpaired) electrons. The van der Waals surface area contributed by atoms with E-state index in [0.29, 0.717) is 26.3 Å².